The summed E-state index contributed by atoms with van der Waals surface area (Å²) in [5.41, 5.74) is 1.08. The predicted octanol–water partition coefficient (Wildman–Crippen LogP) is 3.89. The van der Waals surface area contributed by atoms with Crippen molar-refractivity contribution in [3.05, 3.63) is 63.6 Å². The fourth-order valence-electron chi connectivity index (χ4n) is 2.01. The molecule has 2 rings (SSSR count). The SMILES string of the molecule is CC(NC(=O)c1cccc(S(C)(=O)=O)c1)c1ccc(Cl)c(Cl)c1. The largest absolute Gasteiger partial charge is 0.346 e. The minimum atomic E-state index is -3.36. The fraction of sp³-hybridized carbons (Fsp3) is 0.188. The molecule has 1 N–H and O–H groups in total. The van der Waals surface area contributed by atoms with Crippen LogP contribution in [0.15, 0.2) is 47.4 Å². The van der Waals surface area contributed by atoms with Gasteiger partial charge in [0, 0.05) is 11.8 Å². The molecule has 23 heavy (non-hydrogen) atoms. The Kier molecular flexibility index (Phi) is 5.34. The Morgan fingerprint density at radius 1 is 1.09 bits per heavy atom. The number of carbonyl (C=O) groups excluding carboxylic acids is 1. The number of nitrogens with one attached hydrogen (secondary N) is 1. The molecule has 4 nitrogen and oxygen atoms in total. The van der Waals surface area contributed by atoms with Crippen molar-refractivity contribution >= 4 is 38.9 Å². The molecule has 2 aromatic carbocycles. The number of carbonyl (C=O) groups is 1. The Bertz CT molecular complexity index is 850. The van der Waals surface area contributed by atoms with Crippen LogP contribution in [-0.2, 0) is 9.84 Å². The summed E-state index contributed by atoms with van der Waals surface area (Å²) in [6.45, 7) is 1.80. The van der Waals surface area contributed by atoms with Crippen LogP contribution in [0.3, 0.4) is 0 Å². The van der Waals surface area contributed by atoms with Crippen LogP contribution in [0.25, 0.3) is 0 Å². The normalized spacial score (nSPS) is 12.7. The number of sulfone groups is 1. The van der Waals surface area contributed by atoms with Gasteiger partial charge in [0.15, 0.2) is 9.84 Å². The Morgan fingerprint density at radius 2 is 1.78 bits per heavy atom. The first-order valence-electron chi connectivity index (χ1n) is 6.74. The van der Waals surface area contributed by atoms with Crippen molar-refractivity contribution in [3.8, 4) is 0 Å². The molecule has 0 heterocycles. The van der Waals surface area contributed by atoms with Gasteiger partial charge in [-0.3, -0.25) is 4.79 Å². The number of halogens is 2. The van der Waals surface area contributed by atoms with E-state index in [1.54, 1.807) is 31.2 Å². The van der Waals surface area contributed by atoms with Crippen LogP contribution in [0.2, 0.25) is 10.0 Å². The molecule has 0 aliphatic rings. The maximum atomic E-state index is 12.3. The van der Waals surface area contributed by atoms with Crippen LogP contribution in [0.5, 0.6) is 0 Å². The van der Waals surface area contributed by atoms with E-state index in [0.29, 0.717) is 10.0 Å². The molecule has 1 amide bonds. The first-order chi connectivity index (χ1) is 10.7. The van der Waals surface area contributed by atoms with E-state index in [0.717, 1.165) is 11.8 Å². The Morgan fingerprint density at radius 3 is 2.39 bits per heavy atom. The molecule has 0 bridgehead atoms. The molecule has 0 radical (unpaired) electrons. The van der Waals surface area contributed by atoms with Crippen LogP contribution in [0.4, 0.5) is 0 Å². The lowest BCUT2D eigenvalue weighted by Gasteiger charge is -2.15. The second-order valence-corrected chi connectivity index (χ2v) is 8.00. The van der Waals surface area contributed by atoms with Crippen molar-refractivity contribution in [1.29, 1.82) is 0 Å². The molecule has 0 saturated carbocycles. The summed E-state index contributed by atoms with van der Waals surface area (Å²) in [4.78, 5) is 12.4. The highest BCUT2D eigenvalue weighted by Gasteiger charge is 2.15. The van der Waals surface area contributed by atoms with E-state index in [4.69, 9.17) is 23.2 Å². The molecule has 1 atom stereocenters. The zero-order valence-corrected chi connectivity index (χ0v) is 14.8. The maximum Gasteiger partial charge on any atom is 0.251 e. The summed E-state index contributed by atoms with van der Waals surface area (Å²) >= 11 is 11.8. The van der Waals surface area contributed by atoms with E-state index in [1.807, 2.05) is 0 Å². The van der Waals surface area contributed by atoms with E-state index >= 15 is 0 Å². The second kappa shape index (κ2) is 6.91. The molecule has 0 aliphatic heterocycles. The molecule has 0 fully saturated rings. The summed E-state index contributed by atoms with van der Waals surface area (Å²) in [7, 11) is -3.36. The highest BCUT2D eigenvalue weighted by molar-refractivity contribution is 7.90. The van der Waals surface area contributed by atoms with E-state index in [9.17, 15) is 13.2 Å². The van der Waals surface area contributed by atoms with Gasteiger partial charge in [0.25, 0.3) is 5.91 Å². The zero-order valence-electron chi connectivity index (χ0n) is 12.5. The third-order valence-corrected chi connectivity index (χ3v) is 5.16. The van der Waals surface area contributed by atoms with Crippen molar-refractivity contribution in [2.45, 2.75) is 17.9 Å². The Balaban J connectivity index is 2.20. The quantitative estimate of drug-likeness (QED) is 0.886. The lowest BCUT2D eigenvalue weighted by Crippen LogP contribution is -2.26. The van der Waals surface area contributed by atoms with Gasteiger partial charge in [0.1, 0.15) is 0 Å². The number of rotatable bonds is 4. The first-order valence-corrected chi connectivity index (χ1v) is 9.39. The average molecular weight is 372 g/mol. The Labute approximate surface area is 145 Å². The lowest BCUT2D eigenvalue weighted by atomic mass is 10.1. The summed E-state index contributed by atoms with van der Waals surface area (Å²) in [5.74, 6) is -0.367. The standard InChI is InChI=1S/C16H15Cl2NO3S/c1-10(11-6-7-14(17)15(18)9-11)19-16(20)12-4-3-5-13(8-12)23(2,21)22/h3-10H,1-2H3,(H,19,20). The molecular formula is C16H15Cl2NO3S. The molecule has 0 aliphatic carbocycles. The average Bonchev–Trinajstić information content (AvgIpc) is 2.49. The van der Waals surface area contributed by atoms with Gasteiger partial charge >= 0.3 is 0 Å². The third kappa shape index (κ3) is 4.47. The van der Waals surface area contributed by atoms with Gasteiger partial charge < -0.3 is 5.32 Å². The summed E-state index contributed by atoms with van der Waals surface area (Å²) < 4.78 is 23.1. The van der Waals surface area contributed by atoms with E-state index in [2.05, 4.69) is 5.32 Å². The van der Waals surface area contributed by atoms with Gasteiger partial charge in [0.05, 0.1) is 21.0 Å². The summed E-state index contributed by atoms with van der Waals surface area (Å²) in [5, 5.41) is 3.65. The molecule has 1 unspecified atom stereocenters. The molecule has 0 spiro atoms. The molecule has 0 saturated heterocycles. The van der Waals surface area contributed by atoms with Crippen LogP contribution in [0, 0.1) is 0 Å². The van der Waals surface area contributed by atoms with Crippen molar-refractivity contribution < 1.29 is 13.2 Å². The van der Waals surface area contributed by atoms with Crippen LogP contribution in [0.1, 0.15) is 28.9 Å². The molecular weight excluding hydrogens is 357 g/mol. The van der Waals surface area contributed by atoms with Gasteiger partial charge in [-0.15, -0.1) is 0 Å². The second-order valence-electron chi connectivity index (χ2n) is 5.17. The Hall–Kier alpha value is -1.56. The highest BCUT2D eigenvalue weighted by Crippen LogP contribution is 2.25. The summed E-state index contributed by atoms with van der Waals surface area (Å²) in [6, 6.07) is 10.7. The highest BCUT2D eigenvalue weighted by atomic mass is 35.5. The predicted molar refractivity (Wildman–Crippen MR) is 91.9 cm³/mol. The number of hydrogen-bond donors (Lipinski definition) is 1. The van der Waals surface area contributed by atoms with Crippen LogP contribution < -0.4 is 5.32 Å². The minimum absolute atomic E-state index is 0.104. The molecule has 0 aromatic heterocycles. The van der Waals surface area contributed by atoms with Gasteiger partial charge in [-0.05, 0) is 42.8 Å². The van der Waals surface area contributed by atoms with E-state index < -0.39 is 9.84 Å². The number of hydrogen-bond acceptors (Lipinski definition) is 3. The molecule has 7 heteroatoms. The monoisotopic (exact) mass is 371 g/mol. The van der Waals surface area contributed by atoms with Gasteiger partial charge in [-0.25, -0.2) is 8.42 Å². The molecule has 122 valence electrons. The van der Waals surface area contributed by atoms with Crippen molar-refractivity contribution in [2.75, 3.05) is 6.26 Å². The first kappa shape index (κ1) is 17.8. The third-order valence-electron chi connectivity index (χ3n) is 3.32. The van der Waals surface area contributed by atoms with Crippen LogP contribution in [-0.4, -0.2) is 20.6 Å². The van der Waals surface area contributed by atoms with E-state index in [1.165, 1.54) is 18.2 Å². The van der Waals surface area contributed by atoms with Crippen molar-refractivity contribution in [1.82, 2.24) is 5.32 Å². The smallest absolute Gasteiger partial charge is 0.251 e. The van der Waals surface area contributed by atoms with Gasteiger partial charge in [0.2, 0.25) is 0 Å². The van der Waals surface area contributed by atoms with E-state index in [-0.39, 0.29) is 22.4 Å². The van der Waals surface area contributed by atoms with Gasteiger partial charge in [-0.2, -0.15) is 0 Å². The van der Waals surface area contributed by atoms with Crippen molar-refractivity contribution in [2.24, 2.45) is 0 Å². The lowest BCUT2D eigenvalue weighted by molar-refractivity contribution is 0.0939. The topological polar surface area (TPSA) is 63.2 Å². The fourth-order valence-corrected chi connectivity index (χ4v) is 2.99. The van der Waals surface area contributed by atoms with Crippen molar-refractivity contribution in [3.63, 3.8) is 0 Å². The maximum absolute atomic E-state index is 12.3. The number of benzene rings is 2. The van der Waals surface area contributed by atoms with Gasteiger partial charge in [-0.1, -0.05) is 35.3 Å². The molecule has 2 aromatic rings. The number of amides is 1. The zero-order chi connectivity index (χ0) is 17.2. The minimum Gasteiger partial charge on any atom is -0.346 e. The van der Waals surface area contributed by atoms with Crippen LogP contribution >= 0.6 is 23.2 Å². The summed E-state index contributed by atoms with van der Waals surface area (Å²) in [6.07, 6.45) is 1.10.